The molecule has 148 valence electrons. The van der Waals surface area contributed by atoms with Gasteiger partial charge in [0.1, 0.15) is 11.5 Å². The number of carbonyl (C=O) groups is 1. The lowest BCUT2D eigenvalue weighted by atomic mass is 10.1. The summed E-state index contributed by atoms with van der Waals surface area (Å²) in [5.41, 5.74) is 5.97. The molecule has 2 aromatic rings. The number of hydrogen-bond donors (Lipinski definition) is 2. The summed E-state index contributed by atoms with van der Waals surface area (Å²) in [4.78, 5) is 41.6. The Labute approximate surface area is 157 Å². The molecule has 9 heteroatoms. The van der Waals surface area contributed by atoms with Crippen molar-refractivity contribution < 1.29 is 4.79 Å². The van der Waals surface area contributed by atoms with Gasteiger partial charge in [-0.3, -0.25) is 28.7 Å². The first-order valence-corrected chi connectivity index (χ1v) is 8.98. The molecule has 0 aliphatic carbocycles. The number of nitrogens with one attached hydrogen (secondary N) is 1. The van der Waals surface area contributed by atoms with Crippen LogP contribution in [0, 0.1) is 18.8 Å². The monoisotopic (exact) mass is 376 g/mol. The number of aryl methyl sites for hydroxylation is 2. The number of H-pyrrole nitrogens is 1. The number of nitrogens with zero attached hydrogens (tertiary/aromatic N) is 4. The van der Waals surface area contributed by atoms with Gasteiger partial charge in [-0.05, 0) is 24.8 Å². The van der Waals surface area contributed by atoms with Gasteiger partial charge in [-0.25, -0.2) is 4.79 Å². The van der Waals surface area contributed by atoms with E-state index in [1.807, 2.05) is 27.7 Å². The summed E-state index contributed by atoms with van der Waals surface area (Å²) in [6, 6.07) is 1.66. The second kappa shape index (κ2) is 7.81. The fourth-order valence-electron chi connectivity index (χ4n) is 2.97. The maximum absolute atomic E-state index is 13.2. The summed E-state index contributed by atoms with van der Waals surface area (Å²) in [5, 5.41) is 4.20. The number of hydrogen-bond acceptors (Lipinski definition) is 5. The highest BCUT2D eigenvalue weighted by Crippen LogP contribution is 2.21. The molecule has 0 aromatic carbocycles. The third-order valence-electron chi connectivity index (χ3n) is 4.05. The van der Waals surface area contributed by atoms with Crippen LogP contribution < -0.4 is 21.9 Å². The van der Waals surface area contributed by atoms with E-state index in [1.165, 1.54) is 14.1 Å². The van der Waals surface area contributed by atoms with Gasteiger partial charge in [-0.15, -0.1) is 0 Å². The first-order chi connectivity index (χ1) is 12.5. The molecule has 0 unspecified atom stereocenters. The maximum atomic E-state index is 13.2. The van der Waals surface area contributed by atoms with Crippen LogP contribution in [0.4, 0.5) is 11.5 Å². The Morgan fingerprint density at radius 2 is 1.89 bits per heavy atom. The van der Waals surface area contributed by atoms with Crippen molar-refractivity contribution in [3.63, 3.8) is 0 Å². The highest BCUT2D eigenvalue weighted by Gasteiger charge is 2.28. The number of aromatic nitrogens is 4. The first kappa shape index (κ1) is 20.5. The molecule has 1 amide bonds. The summed E-state index contributed by atoms with van der Waals surface area (Å²) >= 11 is 0. The van der Waals surface area contributed by atoms with Gasteiger partial charge in [-0.1, -0.05) is 27.7 Å². The molecule has 3 N–H and O–H groups in total. The summed E-state index contributed by atoms with van der Waals surface area (Å²) < 4.78 is 2.77. The molecule has 9 nitrogen and oxygen atoms in total. The van der Waals surface area contributed by atoms with Gasteiger partial charge >= 0.3 is 5.69 Å². The van der Waals surface area contributed by atoms with Gasteiger partial charge in [0.15, 0.2) is 5.69 Å². The van der Waals surface area contributed by atoms with E-state index in [0.717, 1.165) is 0 Å². The Morgan fingerprint density at radius 3 is 2.37 bits per heavy atom. The Balaban J connectivity index is 2.67. The van der Waals surface area contributed by atoms with E-state index in [9.17, 15) is 14.4 Å². The van der Waals surface area contributed by atoms with Crippen LogP contribution in [-0.4, -0.2) is 31.8 Å². The zero-order valence-electron chi connectivity index (χ0n) is 16.7. The van der Waals surface area contributed by atoms with Crippen LogP contribution in [0.1, 0.15) is 43.9 Å². The predicted molar refractivity (Wildman–Crippen MR) is 105 cm³/mol. The fourth-order valence-corrected chi connectivity index (χ4v) is 2.97. The fraction of sp³-hybridized carbons (Fsp3) is 0.556. The Morgan fingerprint density at radius 1 is 1.26 bits per heavy atom. The Kier molecular flexibility index (Phi) is 5.92. The maximum Gasteiger partial charge on any atom is 0.330 e. The van der Waals surface area contributed by atoms with Crippen molar-refractivity contribution in [2.24, 2.45) is 18.9 Å². The van der Waals surface area contributed by atoms with Crippen LogP contribution in [0.25, 0.3) is 0 Å². The standard InChI is InChI=1S/C18H28N6O3/c1-10(2)8-23(17(26)13-7-12(5)21-22(13)6)14-15(19)24(9-11(3)4)18(27)20-16(14)25/h7,10-11H,8-9,19H2,1-6H3,(H,20,25,27). The van der Waals surface area contributed by atoms with Crippen molar-refractivity contribution in [2.75, 3.05) is 17.2 Å². The van der Waals surface area contributed by atoms with E-state index in [2.05, 4.69) is 10.1 Å². The number of nitrogen functional groups attached to an aromatic ring is 1. The van der Waals surface area contributed by atoms with Gasteiger partial charge in [0.05, 0.1) is 5.69 Å². The second-order valence-electron chi connectivity index (χ2n) is 7.60. The minimum atomic E-state index is -0.676. The zero-order valence-corrected chi connectivity index (χ0v) is 16.7. The predicted octanol–water partition coefficient (Wildman–Crippen LogP) is 1.12. The summed E-state index contributed by atoms with van der Waals surface area (Å²) in [7, 11) is 1.67. The van der Waals surface area contributed by atoms with Crippen molar-refractivity contribution in [1.82, 2.24) is 19.3 Å². The Bertz CT molecular complexity index is 951. The molecule has 2 heterocycles. The Hall–Kier alpha value is -2.84. The topological polar surface area (TPSA) is 119 Å². The van der Waals surface area contributed by atoms with E-state index in [1.54, 1.807) is 20.0 Å². The lowest BCUT2D eigenvalue weighted by Crippen LogP contribution is -2.43. The zero-order chi connectivity index (χ0) is 20.5. The number of rotatable bonds is 6. The molecule has 0 aliphatic heterocycles. The van der Waals surface area contributed by atoms with Gasteiger partial charge in [0, 0.05) is 20.1 Å². The van der Waals surface area contributed by atoms with Crippen LogP contribution in [0.15, 0.2) is 15.7 Å². The van der Waals surface area contributed by atoms with Crippen LogP contribution in [0.5, 0.6) is 0 Å². The van der Waals surface area contributed by atoms with Gasteiger partial charge < -0.3 is 5.73 Å². The molecule has 27 heavy (non-hydrogen) atoms. The molecule has 0 saturated carbocycles. The molecule has 0 fully saturated rings. The molecule has 0 saturated heterocycles. The number of amides is 1. The quantitative estimate of drug-likeness (QED) is 0.783. The number of aromatic amines is 1. The number of carbonyl (C=O) groups excluding carboxylic acids is 1. The summed E-state index contributed by atoms with van der Waals surface area (Å²) in [5.74, 6) is -0.186. The molecular formula is C18H28N6O3. The first-order valence-electron chi connectivity index (χ1n) is 8.98. The van der Waals surface area contributed by atoms with Crippen molar-refractivity contribution in [1.29, 1.82) is 0 Å². The highest BCUT2D eigenvalue weighted by atomic mass is 16.2. The van der Waals surface area contributed by atoms with Gasteiger partial charge in [0.2, 0.25) is 0 Å². The third-order valence-corrected chi connectivity index (χ3v) is 4.05. The van der Waals surface area contributed by atoms with Crippen molar-refractivity contribution in [3.05, 3.63) is 38.3 Å². The van der Waals surface area contributed by atoms with Crippen molar-refractivity contribution in [3.8, 4) is 0 Å². The minimum absolute atomic E-state index is 0.00666. The molecule has 0 radical (unpaired) electrons. The molecule has 0 bridgehead atoms. The van der Waals surface area contributed by atoms with Gasteiger partial charge in [0.25, 0.3) is 11.5 Å². The van der Waals surface area contributed by atoms with E-state index in [4.69, 9.17) is 5.73 Å². The van der Waals surface area contributed by atoms with Gasteiger partial charge in [-0.2, -0.15) is 5.10 Å². The number of nitrogens with two attached hydrogens (primary N) is 1. The van der Waals surface area contributed by atoms with Crippen molar-refractivity contribution in [2.45, 2.75) is 41.2 Å². The van der Waals surface area contributed by atoms with Crippen LogP contribution in [0.3, 0.4) is 0 Å². The molecular weight excluding hydrogens is 348 g/mol. The van der Waals surface area contributed by atoms with Crippen LogP contribution >= 0.6 is 0 Å². The van der Waals surface area contributed by atoms with E-state index < -0.39 is 17.2 Å². The average Bonchev–Trinajstić information content (AvgIpc) is 2.87. The van der Waals surface area contributed by atoms with E-state index in [-0.39, 0.29) is 29.9 Å². The minimum Gasteiger partial charge on any atom is -0.383 e. The molecule has 2 aromatic heterocycles. The van der Waals surface area contributed by atoms with E-state index in [0.29, 0.717) is 17.9 Å². The normalized spacial score (nSPS) is 11.4. The lowest BCUT2D eigenvalue weighted by Gasteiger charge is -2.26. The molecule has 2 rings (SSSR count). The van der Waals surface area contributed by atoms with E-state index >= 15 is 0 Å². The third kappa shape index (κ3) is 4.29. The van der Waals surface area contributed by atoms with Crippen LogP contribution in [-0.2, 0) is 13.6 Å². The number of anilines is 2. The average molecular weight is 376 g/mol. The molecule has 0 spiro atoms. The lowest BCUT2D eigenvalue weighted by molar-refractivity contribution is 0.0974. The van der Waals surface area contributed by atoms with Crippen molar-refractivity contribution >= 4 is 17.4 Å². The summed E-state index contributed by atoms with van der Waals surface area (Å²) in [6.45, 7) is 10.1. The smallest absolute Gasteiger partial charge is 0.330 e. The molecule has 0 atom stereocenters. The SMILES string of the molecule is Cc1cc(C(=O)N(CC(C)C)c2c(N)n(CC(C)C)c(=O)[nH]c2=O)n(C)n1. The largest absolute Gasteiger partial charge is 0.383 e. The summed E-state index contributed by atoms with van der Waals surface area (Å²) in [6.07, 6.45) is 0. The van der Waals surface area contributed by atoms with Crippen LogP contribution in [0.2, 0.25) is 0 Å². The molecule has 0 aliphatic rings. The highest BCUT2D eigenvalue weighted by molar-refractivity contribution is 6.06. The second-order valence-corrected chi connectivity index (χ2v) is 7.60.